The molecule has 2 rings (SSSR count). The number of carbonyl (C=O) groups excluding carboxylic acids is 1. The average molecular weight is 369 g/mol. The van der Waals surface area contributed by atoms with Crippen LogP contribution in [0, 0.1) is 6.92 Å². The normalized spacial score (nSPS) is 12.3. The van der Waals surface area contributed by atoms with Crippen molar-refractivity contribution >= 4 is 45.0 Å². The maximum absolute atomic E-state index is 12.4. The molecule has 132 valence electrons. The number of amides is 1. The van der Waals surface area contributed by atoms with Crippen molar-refractivity contribution < 1.29 is 9.53 Å². The summed E-state index contributed by atoms with van der Waals surface area (Å²) in [5, 5.41) is 7.29. The molecule has 8 heteroatoms. The second-order valence-corrected chi connectivity index (χ2v) is 7.40. The van der Waals surface area contributed by atoms with E-state index in [0.717, 1.165) is 33.8 Å². The maximum Gasteiger partial charge on any atom is 0.261 e. The van der Waals surface area contributed by atoms with Gasteiger partial charge in [-0.25, -0.2) is 9.97 Å². The Bertz CT molecular complexity index is 690. The van der Waals surface area contributed by atoms with Crippen molar-refractivity contribution in [1.82, 2.24) is 15.3 Å². The van der Waals surface area contributed by atoms with Crippen molar-refractivity contribution in [3.8, 4) is 0 Å². The number of nitrogens with zero attached hydrogens (tertiary/aromatic N) is 2. The molecule has 0 radical (unpaired) electrons. The summed E-state index contributed by atoms with van der Waals surface area (Å²) >= 11 is 3.12. The number of aromatic nitrogens is 2. The third kappa shape index (κ3) is 4.37. The van der Waals surface area contributed by atoms with Crippen LogP contribution in [0.2, 0.25) is 0 Å². The van der Waals surface area contributed by atoms with Crippen LogP contribution in [0.1, 0.15) is 28.6 Å². The van der Waals surface area contributed by atoms with Crippen molar-refractivity contribution in [2.75, 3.05) is 37.6 Å². The zero-order chi connectivity index (χ0) is 17.5. The fourth-order valence-electron chi connectivity index (χ4n) is 2.40. The van der Waals surface area contributed by atoms with Crippen molar-refractivity contribution in [1.29, 1.82) is 0 Å². The molecule has 0 saturated heterocycles. The monoisotopic (exact) mass is 368 g/mol. The number of thioether (sulfide) groups is 1. The van der Waals surface area contributed by atoms with E-state index in [1.807, 2.05) is 13.2 Å². The first-order chi connectivity index (χ1) is 11.6. The molecule has 0 fully saturated rings. The third-order valence-electron chi connectivity index (χ3n) is 3.73. The smallest absolute Gasteiger partial charge is 0.261 e. The van der Waals surface area contributed by atoms with Gasteiger partial charge in [-0.15, -0.1) is 11.3 Å². The minimum atomic E-state index is -0.0422. The van der Waals surface area contributed by atoms with Crippen LogP contribution in [-0.2, 0) is 4.74 Å². The van der Waals surface area contributed by atoms with Crippen molar-refractivity contribution in [3.05, 3.63) is 16.8 Å². The summed E-state index contributed by atoms with van der Waals surface area (Å²) in [4.78, 5) is 22.6. The molecule has 2 aromatic heterocycles. The Morgan fingerprint density at radius 2 is 2.25 bits per heavy atom. The Balaban J connectivity index is 2.30. The number of anilines is 1. The molecule has 1 atom stereocenters. The second kappa shape index (κ2) is 9.19. The van der Waals surface area contributed by atoms with Gasteiger partial charge in [-0.1, -0.05) is 6.92 Å². The lowest BCUT2D eigenvalue weighted by molar-refractivity contribution is 0.0960. The highest BCUT2D eigenvalue weighted by Gasteiger charge is 2.20. The van der Waals surface area contributed by atoms with Crippen LogP contribution in [0.3, 0.4) is 0 Å². The molecule has 1 amide bonds. The van der Waals surface area contributed by atoms with E-state index >= 15 is 0 Å². The molecule has 2 heterocycles. The molecule has 0 aliphatic carbocycles. The predicted octanol–water partition coefficient (Wildman–Crippen LogP) is 2.93. The van der Waals surface area contributed by atoms with Crippen molar-refractivity contribution in [3.63, 3.8) is 0 Å². The van der Waals surface area contributed by atoms with E-state index in [0.29, 0.717) is 18.0 Å². The number of hydrogen-bond donors (Lipinski definition) is 2. The van der Waals surface area contributed by atoms with Crippen LogP contribution in [0.4, 0.5) is 5.82 Å². The lowest BCUT2D eigenvalue weighted by Gasteiger charge is -2.17. The molecule has 0 unspecified atom stereocenters. The largest absolute Gasteiger partial charge is 0.383 e. The first-order valence-corrected chi connectivity index (χ1v) is 10.1. The Morgan fingerprint density at radius 1 is 1.46 bits per heavy atom. The van der Waals surface area contributed by atoms with Crippen LogP contribution in [-0.4, -0.2) is 54.2 Å². The molecule has 24 heavy (non-hydrogen) atoms. The molecule has 2 N–H and O–H groups in total. The fourth-order valence-corrected chi connectivity index (χ4v) is 3.77. The van der Waals surface area contributed by atoms with Crippen LogP contribution in [0.5, 0.6) is 0 Å². The maximum atomic E-state index is 12.4. The first-order valence-electron chi connectivity index (χ1n) is 7.89. The van der Waals surface area contributed by atoms with Gasteiger partial charge in [0.2, 0.25) is 0 Å². The number of thiophene rings is 1. The van der Waals surface area contributed by atoms with E-state index in [1.165, 1.54) is 17.7 Å². The van der Waals surface area contributed by atoms with Gasteiger partial charge in [0.1, 0.15) is 17.0 Å². The van der Waals surface area contributed by atoms with Gasteiger partial charge < -0.3 is 15.4 Å². The second-order valence-electron chi connectivity index (χ2n) is 5.41. The lowest BCUT2D eigenvalue weighted by atomic mass is 10.1. The van der Waals surface area contributed by atoms with Gasteiger partial charge in [-0.3, -0.25) is 4.79 Å². The molecule has 0 saturated carbocycles. The molecule has 2 aromatic rings. The van der Waals surface area contributed by atoms with E-state index < -0.39 is 0 Å². The summed E-state index contributed by atoms with van der Waals surface area (Å²) in [7, 11) is 1.69. The summed E-state index contributed by atoms with van der Waals surface area (Å²) in [6.07, 6.45) is 4.48. The number of methoxy groups -OCH3 is 1. The van der Waals surface area contributed by atoms with Gasteiger partial charge in [0.15, 0.2) is 0 Å². The standard InChI is InChI=1S/C16H24N4O2S2/c1-5-11(8-22-3)20-14-12-10(2)13(15(21)17-6-7-23-4)24-16(12)19-9-18-14/h9,11H,5-8H2,1-4H3,(H,17,21)(H,18,19,20)/t11-/m1/s1. The summed E-state index contributed by atoms with van der Waals surface area (Å²) in [5.74, 6) is 1.62. The minimum absolute atomic E-state index is 0.0422. The summed E-state index contributed by atoms with van der Waals surface area (Å²) in [5.41, 5.74) is 0.923. The topological polar surface area (TPSA) is 76.1 Å². The SMILES string of the molecule is CC[C@H](COC)Nc1ncnc2sc(C(=O)NCCSC)c(C)c12. The van der Waals surface area contributed by atoms with Gasteiger partial charge in [-0.05, 0) is 25.2 Å². The number of ether oxygens (including phenoxy) is 1. The van der Waals surface area contributed by atoms with E-state index in [9.17, 15) is 4.79 Å². The van der Waals surface area contributed by atoms with Gasteiger partial charge in [0.05, 0.1) is 22.9 Å². The van der Waals surface area contributed by atoms with E-state index in [2.05, 4.69) is 27.5 Å². The summed E-state index contributed by atoms with van der Waals surface area (Å²) < 4.78 is 5.24. The molecular weight excluding hydrogens is 344 g/mol. The Hall–Kier alpha value is -1.38. The van der Waals surface area contributed by atoms with Crippen LogP contribution < -0.4 is 10.6 Å². The number of nitrogens with one attached hydrogen (secondary N) is 2. The van der Waals surface area contributed by atoms with Crippen LogP contribution in [0.25, 0.3) is 10.2 Å². The Labute approximate surface area is 150 Å². The lowest BCUT2D eigenvalue weighted by Crippen LogP contribution is -2.25. The number of carbonyl (C=O) groups is 1. The number of fused-ring (bicyclic) bond motifs is 1. The van der Waals surface area contributed by atoms with E-state index in [1.54, 1.807) is 18.9 Å². The van der Waals surface area contributed by atoms with E-state index in [4.69, 9.17) is 4.74 Å². The first kappa shape index (κ1) is 19.0. The number of aryl methyl sites for hydroxylation is 1. The van der Waals surface area contributed by atoms with E-state index in [-0.39, 0.29) is 11.9 Å². The highest BCUT2D eigenvalue weighted by Crippen LogP contribution is 2.33. The van der Waals surface area contributed by atoms with Crippen LogP contribution >= 0.6 is 23.1 Å². The average Bonchev–Trinajstić information content (AvgIpc) is 2.92. The fraction of sp³-hybridized carbons (Fsp3) is 0.562. The summed E-state index contributed by atoms with van der Waals surface area (Å²) in [6, 6.07) is 0.172. The third-order valence-corrected chi connectivity index (χ3v) is 5.54. The zero-order valence-corrected chi connectivity index (χ0v) is 16.1. The van der Waals surface area contributed by atoms with Crippen molar-refractivity contribution in [2.24, 2.45) is 0 Å². The predicted molar refractivity (Wildman–Crippen MR) is 102 cm³/mol. The zero-order valence-electron chi connectivity index (χ0n) is 14.5. The number of rotatable bonds is 9. The molecule has 6 nitrogen and oxygen atoms in total. The molecule has 0 aromatic carbocycles. The highest BCUT2D eigenvalue weighted by molar-refractivity contribution is 7.98. The van der Waals surface area contributed by atoms with Gasteiger partial charge in [0, 0.05) is 19.4 Å². The van der Waals surface area contributed by atoms with Gasteiger partial charge in [0.25, 0.3) is 5.91 Å². The molecule has 0 bridgehead atoms. The quantitative estimate of drug-likeness (QED) is 0.663. The minimum Gasteiger partial charge on any atom is -0.383 e. The van der Waals surface area contributed by atoms with Gasteiger partial charge in [-0.2, -0.15) is 11.8 Å². The molecule has 0 spiro atoms. The molecular formula is C16H24N4O2S2. The van der Waals surface area contributed by atoms with Crippen LogP contribution in [0.15, 0.2) is 6.33 Å². The molecule has 0 aliphatic heterocycles. The van der Waals surface area contributed by atoms with Crippen molar-refractivity contribution in [2.45, 2.75) is 26.3 Å². The number of hydrogen-bond acceptors (Lipinski definition) is 7. The molecule has 0 aliphatic rings. The Kier molecular flexibility index (Phi) is 7.26. The van der Waals surface area contributed by atoms with Gasteiger partial charge >= 0.3 is 0 Å². The summed E-state index contributed by atoms with van der Waals surface area (Å²) in [6.45, 7) is 5.32. The Morgan fingerprint density at radius 3 is 2.92 bits per heavy atom. The highest BCUT2D eigenvalue weighted by atomic mass is 32.2.